The van der Waals surface area contributed by atoms with Gasteiger partial charge in [0.2, 0.25) is 0 Å². The minimum Gasteiger partial charge on any atom is -0.328 e. The molecule has 1 N–H and O–H groups in total. The van der Waals surface area contributed by atoms with Gasteiger partial charge in [-0.25, -0.2) is 4.98 Å². The third kappa shape index (κ3) is 2.83. The predicted molar refractivity (Wildman–Crippen MR) is 81.4 cm³/mol. The molecule has 1 aromatic heterocycles. The number of hydrogen-bond donors (Lipinski definition) is 1. The minimum atomic E-state index is -0.442. The van der Waals surface area contributed by atoms with Gasteiger partial charge >= 0.3 is 0 Å². The van der Waals surface area contributed by atoms with E-state index in [0.717, 1.165) is 37.1 Å². The summed E-state index contributed by atoms with van der Waals surface area (Å²) in [4.78, 5) is 4.67. The maximum Gasteiger partial charge on any atom is 0.109 e. The molecule has 2 aromatic rings. The average molecular weight is 270 g/mol. The largest absolute Gasteiger partial charge is 0.328 e. The van der Waals surface area contributed by atoms with Gasteiger partial charge in [-0.2, -0.15) is 5.26 Å². The molecule has 0 aliphatic rings. The van der Waals surface area contributed by atoms with Crippen LogP contribution in [-0.4, -0.2) is 22.1 Å². The lowest BCUT2D eigenvalue weighted by molar-refractivity contribution is 0.423. The number of aryl methyl sites for hydroxylation is 2. The zero-order valence-corrected chi connectivity index (χ0v) is 12.5. The molecule has 1 aromatic carbocycles. The van der Waals surface area contributed by atoms with E-state index >= 15 is 0 Å². The van der Waals surface area contributed by atoms with Gasteiger partial charge in [0, 0.05) is 13.0 Å². The number of aromatic nitrogens is 2. The molecule has 2 rings (SSSR count). The van der Waals surface area contributed by atoms with E-state index < -0.39 is 5.54 Å². The fraction of sp³-hybridized carbons (Fsp3) is 0.500. The Labute approximate surface area is 120 Å². The summed E-state index contributed by atoms with van der Waals surface area (Å²) in [7, 11) is 1.84. The lowest BCUT2D eigenvalue weighted by Gasteiger charge is -2.20. The van der Waals surface area contributed by atoms with Crippen LogP contribution >= 0.6 is 0 Å². The van der Waals surface area contributed by atoms with Crippen molar-refractivity contribution in [3.63, 3.8) is 0 Å². The van der Waals surface area contributed by atoms with Crippen LogP contribution in [0.2, 0.25) is 0 Å². The minimum absolute atomic E-state index is 0.442. The molecule has 0 aliphatic carbocycles. The molecule has 0 fully saturated rings. The van der Waals surface area contributed by atoms with Gasteiger partial charge in [-0.1, -0.05) is 19.1 Å². The summed E-state index contributed by atoms with van der Waals surface area (Å²) < 4.78 is 2.28. The number of benzene rings is 1. The molecule has 106 valence electrons. The summed E-state index contributed by atoms with van der Waals surface area (Å²) in [5.41, 5.74) is 1.80. The van der Waals surface area contributed by atoms with E-state index in [0.29, 0.717) is 0 Å². The average Bonchev–Trinajstić information content (AvgIpc) is 2.85. The van der Waals surface area contributed by atoms with Crippen molar-refractivity contribution in [1.29, 1.82) is 5.26 Å². The van der Waals surface area contributed by atoms with Gasteiger partial charge in [0.25, 0.3) is 0 Å². The van der Waals surface area contributed by atoms with Gasteiger partial charge in [-0.3, -0.25) is 0 Å². The highest BCUT2D eigenvalue weighted by Crippen LogP contribution is 2.19. The number of hydrogen-bond acceptors (Lipinski definition) is 3. The second-order valence-corrected chi connectivity index (χ2v) is 5.32. The number of nitriles is 1. The highest BCUT2D eigenvalue weighted by Gasteiger charge is 2.20. The summed E-state index contributed by atoms with van der Waals surface area (Å²) in [5, 5.41) is 12.3. The Morgan fingerprint density at radius 2 is 2.15 bits per heavy atom. The molecule has 4 nitrogen and oxygen atoms in total. The Balaban J connectivity index is 2.16. The first kappa shape index (κ1) is 14.5. The summed E-state index contributed by atoms with van der Waals surface area (Å²) in [5.74, 6) is 1.12. The van der Waals surface area contributed by atoms with E-state index in [1.54, 1.807) is 0 Å². The number of imidazole rings is 1. The zero-order valence-electron chi connectivity index (χ0n) is 12.5. The Morgan fingerprint density at radius 1 is 1.40 bits per heavy atom. The second-order valence-electron chi connectivity index (χ2n) is 5.32. The highest BCUT2D eigenvalue weighted by molar-refractivity contribution is 5.75. The molecule has 0 saturated heterocycles. The molecule has 1 unspecified atom stereocenters. The zero-order chi connectivity index (χ0) is 14.6. The smallest absolute Gasteiger partial charge is 0.109 e. The van der Waals surface area contributed by atoms with Crippen molar-refractivity contribution >= 4 is 11.0 Å². The van der Waals surface area contributed by atoms with Crippen molar-refractivity contribution in [3.8, 4) is 6.07 Å². The summed E-state index contributed by atoms with van der Waals surface area (Å²) in [6.45, 7) is 4.98. The molecule has 0 saturated carbocycles. The molecule has 0 spiro atoms. The topological polar surface area (TPSA) is 53.6 Å². The van der Waals surface area contributed by atoms with Gasteiger partial charge in [-0.05, 0) is 38.9 Å². The normalized spacial score (nSPS) is 14.1. The van der Waals surface area contributed by atoms with Crippen LogP contribution in [0.4, 0.5) is 0 Å². The van der Waals surface area contributed by atoms with E-state index in [1.165, 1.54) is 5.52 Å². The van der Waals surface area contributed by atoms with Gasteiger partial charge in [0.1, 0.15) is 11.4 Å². The number of nitrogens with one attached hydrogen (secondary N) is 1. The fourth-order valence-corrected chi connectivity index (χ4v) is 2.47. The van der Waals surface area contributed by atoms with Crippen molar-refractivity contribution in [3.05, 3.63) is 30.1 Å². The highest BCUT2D eigenvalue weighted by atomic mass is 15.1. The summed E-state index contributed by atoms with van der Waals surface area (Å²) in [6.07, 6.45) is 2.71. The number of para-hydroxylation sites is 2. The number of rotatable bonds is 6. The van der Waals surface area contributed by atoms with Crippen molar-refractivity contribution in [1.82, 2.24) is 14.9 Å². The van der Waals surface area contributed by atoms with E-state index in [9.17, 15) is 5.26 Å². The van der Waals surface area contributed by atoms with Crippen LogP contribution in [0.15, 0.2) is 24.3 Å². The van der Waals surface area contributed by atoms with Gasteiger partial charge in [0.15, 0.2) is 0 Å². The maximum atomic E-state index is 9.18. The van der Waals surface area contributed by atoms with Crippen LogP contribution < -0.4 is 5.32 Å². The van der Waals surface area contributed by atoms with E-state index in [1.807, 2.05) is 26.1 Å². The SMILES string of the molecule is CCc1nc2ccccc2n1CCCC(C)(C#N)NC. The summed E-state index contributed by atoms with van der Waals surface area (Å²) >= 11 is 0. The van der Waals surface area contributed by atoms with Crippen LogP contribution in [0, 0.1) is 11.3 Å². The first-order valence-corrected chi connectivity index (χ1v) is 7.18. The first-order chi connectivity index (χ1) is 9.63. The molecule has 0 radical (unpaired) electrons. The Bertz CT molecular complexity index is 623. The molecular weight excluding hydrogens is 248 g/mol. The first-order valence-electron chi connectivity index (χ1n) is 7.18. The van der Waals surface area contributed by atoms with E-state index in [4.69, 9.17) is 0 Å². The quantitative estimate of drug-likeness (QED) is 0.878. The van der Waals surface area contributed by atoms with Crippen LogP contribution in [-0.2, 0) is 13.0 Å². The lowest BCUT2D eigenvalue weighted by atomic mass is 9.98. The standard InChI is InChI=1S/C16H22N4/c1-4-15-19-13-8-5-6-9-14(13)20(15)11-7-10-16(2,12-17)18-3/h5-6,8-9,18H,4,7,10-11H2,1-3H3. The van der Waals surface area contributed by atoms with E-state index in [2.05, 4.69) is 40.0 Å². The molecule has 0 aliphatic heterocycles. The Hall–Kier alpha value is -1.86. The van der Waals surface area contributed by atoms with Gasteiger partial charge < -0.3 is 9.88 Å². The maximum absolute atomic E-state index is 9.18. The monoisotopic (exact) mass is 270 g/mol. The van der Waals surface area contributed by atoms with Crippen molar-refractivity contribution in [2.45, 2.75) is 45.2 Å². The fourth-order valence-electron chi connectivity index (χ4n) is 2.47. The van der Waals surface area contributed by atoms with Gasteiger partial charge in [-0.15, -0.1) is 0 Å². The van der Waals surface area contributed by atoms with Crippen molar-refractivity contribution in [2.75, 3.05) is 7.05 Å². The van der Waals surface area contributed by atoms with Crippen LogP contribution in [0.5, 0.6) is 0 Å². The molecule has 0 amide bonds. The van der Waals surface area contributed by atoms with Crippen molar-refractivity contribution in [2.24, 2.45) is 0 Å². The lowest BCUT2D eigenvalue weighted by Crippen LogP contribution is -2.38. The Morgan fingerprint density at radius 3 is 2.80 bits per heavy atom. The second kappa shape index (κ2) is 6.06. The third-order valence-corrected chi connectivity index (χ3v) is 3.91. The number of fused-ring (bicyclic) bond motifs is 1. The molecule has 4 heteroatoms. The van der Waals surface area contributed by atoms with Gasteiger partial charge in [0.05, 0.1) is 17.1 Å². The molecule has 20 heavy (non-hydrogen) atoms. The van der Waals surface area contributed by atoms with Crippen LogP contribution in [0.25, 0.3) is 11.0 Å². The molecular formula is C16H22N4. The Kier molecular flexibility index (Phi) is 4.41. The summed E-state index contributed by atoms with van der Waals surface area (Å²) in [6, 6.07) is 10.6. The van der Waals surface area contributed by atoms with E-state index in [-0.39, 0.29) is 0 Å². The third-order valence-electron chi connectivity index (χ3n) is 3.91. The van der Waals surface area contributed by atoms with Crippen molar-refractivity contribution < 1.29 is 0 Å². The molecule has 1 atom stereocenters. The predicted octanol–water partition coefficient (Wildman–Crippen LogP) is 2.88. The molecule has 0 bridgehead atoms. The van der Waals surface area contributed by atoms with Crippen LogP contribution in [0.3, 0.4) is 0 Å². The molecule has 1 heterocycles. The number of nitrogens with zero attached hydrogens (tertiary/aromatic N) is 3. The van der Waals surface area contributed by atoms with Crippen LogP contribution in [0.1, 0.15) is 32.5 Å².